The number of rotatable bonds is 9. The fourth-order valence-electron chi connectivity index (χ4n) is 6.54. The molecule has 0 fully saturated rings. The molecule has 0 amide bonds. The minimum atomic E-state index is -6.00. The van der Waals surface area contributed by atoms with E-state index in [1.54, 1.807) is 0 Å². The Bertz CT molecular complexity index is 2000. The fraction of sp³-hybridized carbons (Fsp3) is 0. The molecule has 0 aliphatic rings. The average Bonchev–Trinajstić information content (AvgIpc) is 3.32. The average molecular weight is 1480 g/mol. The second kappa shape index (κ2) is 32.1. The zero-order chi connectivity index (χ0) is 43.2. The van der Waals surface area contributed by atoms with Gasteiger partial charge < -0.3 is 22.7 Å². The Hall–Kier alpha value is -3.76. The number of hydrogen-bond donors (Lipinski definition) is 0. The van der Waals surface area contributed by atoms with Crippen molar-refractivity contribution < 1.29 is 89.9 Å². The second-order valence-corrected chi connectivity index (χ2v) is 20.2. The van der Waals surface area contributed by atoms with Crippen molar-refractivity contribution >= 4 is 78.8 Å². The Kier molecular flexibility index (Phi) is 28.4. The molecule has 0 saturated heterocycles. The topological polar surface area (TPSA) is 33.0 Å². The van der Waals surface area contributed by atoms with Gasteiger partial charge in [-0.2, -0.15) is 0 Å². The summed E-state index contributed by atoms with van der Waals surface area (Å²) >= 11 is 0. The van der Waals surface area contributed by atoms with Gasteiger partial charge >= 0.3 is 7.25 Å². The van der Waals surface area contributed by atoms with Crippen LogP contribution in [0.15, 0.2) is 273 Å². The van der Waals surface area contributed by atoms with E-state index in [0.29, 0.717) is 0 Å². The van der Waals surface area contributed by atoms with Crippen molar-refractivity contribution in [2.45, 2.75) is 0 Å². The molecule has 1 nitrogen and oxygen atoms in total. The van der Waals surface area contributed by atoms with E-state index in [1.807, 2.05) is 0 Å². The van der Waals surface area contributed by atoms with Crippen LogP contribution >= 0.6 is 23.8 Å². The number of benzene rings is 9. The van der Waals surface area contributed by atoms with Crippen LogP contribution in [0.4, 0.5) is 17.3 Å². The van der Waals surface area contributed by atoms with Gasteiger partial charge in [0.15, 0.2) is 0 Å². The molecular formula is C54H48Au3BF4OP3. The minimum absolute atomic E-state index is 0. The quantitative estimate of drug-likeness (QED) is 0.0597. The first-order valence-corrected chi connectivity index (χ1v) is 24.1. The van der Waals surface area contributed by atoms with Crippen molar-refractivity contribution in [1.82, 2.24) is 0 Å². The first-order valence-electron chi connectivity index (χ1n) is 20.1. The van der Waals surface area contributed by atoms with Gasteiger partial charge in [-0.25, -0.2) is 0 Å². The Balaban J connectivity index is 0.000000314. The summed E-state index contributed by atoms with van der Waals surface area (Å²) in [5.74, 6) is 0. The maximum absolute atomic E-state index is 9.75. The van der Waals surface area contributed by atoms with E-state index in [4.69, 9.17) is 0 Å². The summed E-state index contributed by atoms with van der Waals surface area (Å²) in [7, 11) is -7.34. The summed E-state index contributed by atoms with van der Waals surface area (Å²) in [6.07, 6.45) is 0. The zero-order valence-electron chi connectivity index (χ0n) is 35.4. The van der Waals surface area contributed by atoms with Gasteiger partial charge in [-0.1, -0.05) is 273 Å². The van der Waals surface area contributed by atoms with Gasteiger partial charge in [0.25, 0.3) is 0 Å². The Labute approximate surface area is 437 Å². The van der Waals surface area contributed by atoms with Crippen molar-refractivity contribution in [3.05, 3.63) is 273 Å². The number of hydrogen-bond acceptors (Lipinski definition) is 0. The van der Waals surface area contributed by atoms with Crippen LogP contribution in [0.3, 0.4) is 0 Å². The van der Waals surface area contributed by atoms with Crippen LogP contribution < -0.4 is 47.7 Å². The van der Waals surface area contributed by atoms with Crippen molar-refractivity contribution in [3.8, 4) is 0 Å². The molecule has 9 aromatic carbocycles. The molecule has 0 unspecified atom stereocenters. The molecule has 349 valence electrons. The first-order chi connectivity index (χ1) is 30.3. The third kappa shape index (κ3) is 19.5. The van der Waals surface area contributed by atoms with Crippen LogP contribution in [-0.4, -0.2) is 7.25 Å². The van der Waals surface area contributed by atoms with E-state index < -0.39 is 31.0 Å². The minimum Gasteiger partial charge on any atom is -0.457 e. The second-order valence-electron chi connectivity index (χ2n) is 13.5. The maximum atomic E-state index is 9.75. The largest absolute Gasteiger partial charge is 0.673 e. The van der Waals surface area contributed by atoms with Gasteiger partial charge in [-0.3, -0.25) is 0 Å². The van der Waals surface area contributed by atoms with Crippen LogP contribution in [0.2, 0.25) is 0 Å². The Morgan fingerprint density at radius 1 is 0.197 bits per heavy atom. The van der Waals surface area contributed by atoms with Crippen molar-refractivity contribution in [2.75, 3.05) is 0 Å². The van der Waals surface area contributed by atoms with Gasteiger partial charge in [0.1, 0.15) is 0 Å². The maximum Gasteiger partial charge on any atom is 0.673 e. The summed E-state index contributed by atoms with van der Waals surface area (Å²) in [4.78, 5) is 0. The first kappa shape index (κ1) is 58.4. The van der Waals surface area contributed by atoms with Crippen molar-refractivity contribution in [2.24, 2.45) is 0 Å². The molecule has 0 spiro atoms. The molecular weight excluding hydrogens is 1440 g/mol. The number of halogens is 4. The van der Waals surface area contributed by atoms with Gasteiger partial charge in [0, 0.05) is 67.1 Å². The van der Waals surface area contributed by atoms with Crippen LogP contribution in [0.1, 0.15) is 0 Å². The van der Waals surface area contributed by atoms with E-state index in [2.05, 4.69) is 273 Å². The molecule has 0 heterocycles. The molecule has 0 aliphatic carbocycles. The third-order valence-electron chi connectivity index (χ3n) is 9.13. The van der Waals surface area contributed by atoms with Crippen molar-refractivity contribution in [1.29, 1.82) is 0 Å². The summed E-state index contributed by atoms with van der Waals surface area (Å²) < 4.78 is 39.0. The van der Waals surface area contributed by atoms with Crippen LogP contribution in [0.5, 0.6) is 0 Å². The normalized spacial score (nSPS) is 10.0. The molecule has 66 heavy (non-hydrogen) atoms. The molecule has 9 rings (SSSR count). The monoisotopic (exact) mass is 1480 g/mol. The van der Waals surface area contributed by atoms with Crippen molar-refractivity contribution in [3.63, 3.8) is 0 Å². The SMILES string of the molecule is F[B-](F)(F)F.[Au].[Au].[Au].[OH3+].c1ccc(P(c2ccccc2)c2ccccc2)cc1.c1ccc(P(c2ccccc2)c2ccccc2)cc1.c1ccc(P(c2ccccc2)c2ccccc2)cc1. The fourth-order valence-corrected chi connectivity index (χ4v) is 13.5. The Morgan fingerprint density at radius 3 is 0.348 bits per heavy atom. The summed E-state index contributed by atoms with van der Waals surface area (Å²) in [5.41, 5.74) is 0. The predicted molar refractivity (Wildman–Crippen MR) is 271 cm³/mol. The van der Waals surface area contributed by atoms with E-state index >= 15 is 0 Å². The summed E-state index contributed by atoms with van der Waals surface area (Å²) in [6.45, 7) is 0. The molecule has 0 atom stereocenters. The van der Waals surface area contributed by atoms with Crippen LogP contribution in [0, 0.1) is 0 Å². The standard InChI is InChI=1S/3C18H15P.3Au.BF4.H2O/c3*1-4-10-16(11-5-1)19(17-12-6-2-7-13-17)18-14-8-3-9-15-18;;;;2-1(3,4)5;/h3*1-15H;;;;;1H2/q;;;;;;-1;/p+1. The van der Waals surface area contributed by atoms with Gasteiger partial charge in [-0.05, 0) is 71.5 Å². The summed E-state index contributed by atoms with van der Waals surface area (Å²) in [5, 5.41) is 12.6. The van der Waals surface area contributed by atoms with E-state index in [0.717, 1.165) is 0 Å². The smallest absolute Gasteiger partial charge is 0.457 e. The molecule has 3 N–H and O–H groups in total. The Morgan fingerprint density at radius 2 is 0.273 bits per heavy atom. The van der Waals surface area contributed by atoms with E-state index in [9.17, 15) is 17.3 Å². The van der Waals surface area contributed by atoms with Crippen LogP contribution in [-0.2, 0) is 72.6 Å². The molecule has 0 saturated carbocycles. The molecule has 0 aromatic heterocycles. The zero-order valence-corrected chi connectivity index (χ0v) is 44.6. The predicted octanol–water partition coefficient (Wildman–Crippen LogP) is 10.7. The molecule has 9 aromatic rings. The van der Waals surface area contributed by atoms with E-state index in [1.165, 1.54) is 47.7 Å². The van der Waals surface area contributed by atoms with Gasteiger partial charge in [0.05, 0.1) is 0 Å². The van der Waals surface area contributed by atoms with E-state index in [-0.39, 0.29) is 72.6 Å². The molecule has 0 aliphatic heterocycles. The van der Waals surface area contributed by atoms with Gasteiger partial charge in [-0.15, -0.1) is 0 Å². The molecule has 0 bridgehead atoms. The van der Waals surface area contributed by atoms with Gasteiger partial charge in [0.2, 0.25) is 0 Å². The third-order valence-corrected chi connectivity index (χ3v) is 16.5. The van der Waals surface area contributed by atoms with Crippen LogP contribution in [0.25, 0.3) is 0 Å². The molecule has 3 radical (unpaired) electrons. The summed E-state index contributed by atoms with van der Waals surface area (Å²) in [6, 6.07) is 97.0. The molecule has 12 heteroatoms.